The van der Waals surface area contributed by atoms with Gasteiger partial charge in [-0.3, -0.25) is 4.57 Å². The molecular formula is C19H18ClN3O4S. The number of benzene rings is 1. The topological polar surface area (TPSA) is 79.4 Å². The van der Waals surface area contributed by atoms with Gasteiger partial charge < -0.3 is 13.9 Å². The summed E-state index contributed by atoms with van der Waals surface area (Å²) in [7, 11) is 1.31. The number of ether oxygens (including phenoxy) is 2. The van der Waals surface area contributed by atoms with Crippen molar-refractivity contribution in [2.75, 3.05) is 7.11 Å². The minimum atomic E-state index is -0.507. The van der Waals surface area contributed by atoms with E-state index in [1.807, 2.05) is 4.57 Å². The van der Waals surface area contributed by atoms with Crippen LogP contribution in [0.15, 0.2) is 58.6 Å². The Morgan fingerprint density at radius 2 is 2.07 bits per heavy atom. The van der Waals surface area contributed by atoms with Crippen LogP contribution in [0.25, 0.3) is 0 Å². The second kappa shape index (κ2) is 9.48. The van der Waals surface area contributed by atoms with E-state index in [-0.39, 0.29) is 12.4 Å². The number of thioether (sulfide) groups is 1. The number of rotatable bonds is 9. The van der Waals surface area contributed by atoms with Gasteiger partial charge in [-0.05, 0) is 36.4 Å². The molecule has 0 aliphatic carbocycles. The standard InChI is InChI=1S/C19H18ClN3O4S/c1-3-10-23-17(11-26-14-6-4-13(20)5-7-14)21-22-19(23)28-12-15-8-9-16(27-15)18(24)25-2/h3-9H,1,10-12H2,2H3. The Balaban J connectivity index is 1.66. The maximum absolute atomic E-state index is 11.5. The van der Waals surface area contributed by atoms with Crippen LogP contribution < -0.4 is 4.74 Å². The third-order valence-corrected chi connectivity index (χ3v) is 4.92. The molecule has 0 bridgehead atoms. The number of methoxy groups -OCH3 is 1. The number of allylic oxidation sites excluding steroid dienone is 1. The summed E-state index contributed by atoms with van der Waals surface area (Å²) in [5, 5.41) is 9.79. The third kappa shape index (κ3) is 4.96. The van der Waals surface area contributed by atoms with Crippen molar-refractivity contribution in [3.05, 3.63) is 71.4 Å². The van der Waals surface area contributed by atoms with Gasteiger partial charge in [0.05, 0.1) is 12.9 Å². The van der Waals surface area contributed by atoms with Crippen molar-refractivity contribution < 1.29 is 18.7 Å². The largest absolute Gasteiger partial charge is 0.486 e. The molecule has 3 aromatic rings. The van der Waals surface area contributed by atoms with Crippen LogP contribution in [0.2, 0.25) is 5.02 Å². The zero-order valence-corrected chi connectivity index (χ0v) is 16.7. The molecule has 0 aliphatic heterocycles. The molecule has 0 amide bonds. The molecule has 146 valence electrons. The van der Waals surface area contributed by atoms with Crippen molar-refractivity contribution in [3.8, 4) is 5.75 Å². The van der Waals surface area contributed by atoms with Crippen molar-refractivity contribution in [3.63, 3.8) is 0 Å². The number of aromatic nitrogens is 3. The first kappa shape index (κ1) is 20.0. The molecular weight excluding hydrogens is 402 g/mol. The predicted octanol–water partition coefficient (Wildman–Crippen LogP) is 4.37. The monoisotopic (exact) mass is 419 g/mol. The molecule has 0 aliphatic rings. The van der Waals surface area contributed by atoms with Gasteiger partial charge in [-0.25, -0.2) is 4.79 Å². The van der Waals surface area contributed by atoms with Crippen molar-refractivity contribution >= 4 is 29.3 Å². The second-order valence-electron chi connectivity index (χ2n) is 5.59. The zero-order valence-electron chi connectivity index (χ0n) is 15.1. The van der Waals surface area contributed by atoms with Gasteiger partial charge in [0.2, 0.25) is 5.76 Å². The highest BCUT2D eigenvalue weighted by atomic mass is 35.5. The minimum absolute atomic E-state index is 0.169. The summed E-state index contributed by atoms with van der Waals surface area (Å²) in [4.78, 5) is 11.5. The Morgan fingerprint density at radius 1 is 1.29 bits per heavy atom. The van der Waals surface area contributed by atoms with E-state index in [4.69, 9.17) is 20.8 Å². The molecule has 3 rings (SSSR count). The van der Waals surface area contributed by atoms with Gasteiger partial charge in [-0.15, -0.1) is 16.8 Å². The molecule has 0 fully saturated rings. The van der Waals surface area contributed by atoms with Crippen molar-refractivity contribution in [1.82, 2.24) is 14.8 Å². The van der Waals surface area contributed by atoms with Crippen LogP contribution in [-0.4, -0.2) is 27.8 Å². The average molecular weight is 420 g/mol. The van der Waals surface area contributed by atoms with E-state index in [2.05, 4.69) is 21.5 Å². The number of nitrogens with zero attached hydrogens (tertiary/aromatic N) is 3. The fourth-order valence-electron chi connectivity index (χ4n) is 2.33. The molecule has 0 unspecified atom stereocenters. The molecule has 1 aromatic carbocycles. The maximum atomic E-state index is 11.5. The highest BCUT2D eigenvalue weighted by Gasteiger charge is 2.15. The molecule has 28 heavy (non-hydrogen) atoms. The number of furan rings is 1. The highest BCUT2D eigenvalue weighted by Crippen LogP contribution is 2.24. The Hall–Kier alpha value is -2.71. The third-order valence-electron chi connectivity index (χ3n) is 3.68. The van der Waals surface area contributed by atoms with Crippen LogP contribution >= 0.6 is 23.4 Å². The van der Waals surface area contributed by atoms with E-state index in [0.29, 0.717) is 39.8 Å². The van der Waals surface area contributed by atoms with Gasteiger partial charge in [0.1, 0.15) is 18.1 Å². The van der Waals surface area contributed by atoms with E-state index < -0.39 is 5.97 Å². The summed E-state index contributed by atoms with van der Waals surface area (Å²) in [5.41, 5.74) is 0. The molecule has 0 saturated carbocycles. The zero-order chi connectivity index (χ0) is 19.9. The first-order chi connectivity index (χ1) is 13.6. The van der Waals surface area contributed by atoms with Gasteiger partial charge in [-0.1, -0.05) is 29.4 Å². The lowest BCUT2D eigenvalue weighted by molar-refractivity contribution is 0.0563. The van der Waals surface area contributed by atoms with Gasteiger partial charge in [0.25, 0.3) is 0 Å². The molecule has 2 heterocycles. The lowest BCUT2D eigenvalue weighted by Crippen LogP contribution is -2.07. The SMILES string of the molecule is C=CCn1c(COc2ccc(Cl)cc2)nnc1SCc1ccc(C(=O)OC)o1. The predicted molar refractivity (Wildman–Crippen MR) is 106 cm³/mol. The van der Waals surface area contributed by atoms with E-state index >= 15 is 0 Å². The molecule has 0 radical (unpaired) electrons. The van der Waals surface area contributed by atoms with E-state index in [1.54, 1.807) is 42.5 Å². The number of esters is 1. The summed E-state index contributed by atoms with van der Waals surface area (Å²) >= 11 is 7.32. The van der Waals surface area contributed by atoms with Crippen molar-refractivity contribution in [2.24, 2.45) is 0 Å². The van der Waals surface area contributed by atoms with Crippen LogP contribution in [-0.2, 0) is 23.6 Å². The van der Waals surface area contributed by atoms with E-state index in [1.165, 1.54) is 18.9 Å². The second-order valence-corrected chi connectivity index (χ2v) is 6.97. The fraction of sp³-hybridized carbons (Fsp3) is 0.211. The Bertz CT molecular complexity index is 953. The van der Waals surface area contributed by atoms with Crippen LogP contribution in [0.5, 0.6) is 5.75 Å². The normalized spacial score (nSPS) is 10.6. The van der Waals surface area contributed by atoms with E-state index in [0.717, 1.165) is 0 Å². The average Bonchev–Trinajstić information content (AvgIpc) is 3.33. The van der Waals surface area contributed by atoms with Gasteiger partial charge in [0.15, 0.2) is 11.0 Å². The van der Waals surface area contributed by atoms with Crippen LogP contribution in [0, 0.1) is 0 Å². The molecule has 7 nitrogen and oxygen atoms in total. The summed E-state index contributed by atoms with van der Waals surface area (Å²) < 4.78 is 17.8. The van der Waals surface area contributed by atoms with Crippen molar-refractivity contribution in [1.29, 1.82) is 0 Å². The summed E-state index contributed by atoms with van der Waals surface area (Å²) in [6, 6.07) is 10.4. The molecule has 2 aromatic heterocycles. The Kier molecular flexibility index (Phi) is 6.78. The Labute approximate surface area is 171 Å². The van der Waals surface area contributed by atoms with Crippen LogP contribution in [0.4, 0.5) is 0 Å². The molecule has 9 heteroatoms. The number of carbonyl (C=O) groups is 1. The summed E-state index contributed by atoms with van der Waals surface area (Å²) in [6.45, 7) is 4.59. The minimum Gasteiger partial charge on any atom is -0.486 e. The molecule has 0 spiro atoms. The molecule has 0 N–H and O–H groups in total. The van der Waals surface area contributed by atoms with Gasteiger partial charge >= 0.3 is 5.97 Å². The first-order valence-electron chi connectivity index (χ1n) is 8.32. The number of hydrogen-bond acceptors (Lipinski definition) is 7. The lowest BCUT2D eigenvalue weighted by Gasteiger charge is -2.09. The Morgan fingerprint density at radius 3 is 2.79 bits per heavy atom. The number of carbonyl (C=O) groups excluding carboxylic acids is 1. The smallest absolute Gasteiger partial charge is 0.373 e. The number of hydrogen-bond donors (Lipinski definition) is 0. The summed E-state index contributed by atoms with van der Waals surface area (Å²) in [5.74, 6) is 2.15. The van der Waals surface area contributed by atoms with Gasteiger partial charge in [0, 0.05) is 11.6 Å². The van der Waals surface area contributed by atoms with Gasteiger partial charge in [-0.2, -0.15) is 0 Å². The van der Waals surface area contributed by atoms with Crippen LogP contribution in [0.3, 0.4) is 0 Å². The first-order valence-corrected chi connectivity index (χ1v) is 9.68. The van der Waals surface area contributed by atoms with Crippen LogP contribution in [0.1, 0.15) is 22.1 Å². The molecule has 0 atom stereocenters. The van der Waals surface area contributed by atoms with Crippen molar-refractivity contribution in [2.45, 2.75) is 24.1 Å². The number of halogens is 1. The van der Waals surface area contributed by atoms with E-state index in [9.17, 15) is 4.79 Å². The lowest BCUT2D eigenvalue weighted by atomic mass is 10.3. The maximum Gasteiger partial charge on any atom is 0.373 e. The quantitative estimate of drug-likeness (QED) is 0.289. The summed E-state index contributed by atoms with van der Waals surface area (Å²) in [6.07, 6.45) is 1.77. The molecule has 0 saturated heterocycles. The highest BCUT2D eigenvalue weighted by molar-refractivity contribution is 7.98. The fourth-order valence-corrected chi connectivity index (χ4v) is 3.31.